The number of hydrogen-bond acceptors (Lipinski definition) is 4. The Hall–Kier alpha value is -3.50. The summed E-state index contributed by atoms with van der Waals surface area (Å²) in [5, 5.41) is 21.8. The maximum atomic E-state index is 10.0. The summed E-state index contributed by atoms with van der Waals surface area (Å²) in [5.74, 6) is 1.36. The van der Waals surface area contributed by atoms with Crippen LogP contribution in [0.5, 0.6) is 17.2 Å². The van der Waals surface area contributed by atoms with E-state index in [4.69, 9.17) is 4.74 Å². The molecule has 0 aliphatic carbocycles. The third-order valence-electron chi connectivity index (χ3n) is 6.64. The van der Waals surface area contributed by atoms with Gasteiger partial charge in [-0.3, -0.25) is 0 Å². The lowest BCUT2D eigenvalue weighted by atomic mass is 9.89. The normalized spacial score (nSPS) is 14.4. The van der Waals surface area contributed by atoms with E-state index in [0.717, 1.165) is 51.7 Å². The van der Waals surface area contributed by atoms with Crippen molar-refractivity contribution in [1.29, 1.82) is 0 Å². The highest BCUT2D eigenvalue weighted by molar-refractivity contribution is 6.04. The molecule has 174 valence electrons. The minimum atomic E-state index is 0.246. The van der Waals surface area contributed by atoms with Crippen LogP contribution in [0.1, 0.15) is 25.7 Å². The van der Waals surface area contributed by atoms with Crippen molar-refractivity contribution in [2.45, 2.75) is 25.7 Å². The number of piperidine rings is 1. The van der Waals surface area contributed by atoms with Gasteiger partial charge in [-0.05, 0) is 102 Å². The molecule has 4 nitrogen and oxygen atoms in total. The maximum absolute atomic E-state index is 10.0. The van der Waals surface area contributed by atoms with Crippen LogP contribution in [0.2, 0.25) is 0 Å². The lowest BCUT2D eigenvalue weighted by molar-refractivity contribution is 0.205. The first-order valence-corrected chi connectivity index (χ1v) is 12.2. The minimum absolute atomic E-state index is 0.246. The Morgan fingerprint density at radius 2 is 1.53 bits per heavy atom. The summed E-state index contributed by atoms with van der Waals surface area (Å²) in [5.41, 5.74) is 4.24. The minimum Gasteiger partial charge on any atom is -0.508 e. The Labute approximate surface area is 201 Å². The molecule has 0 saturated carbocycles. The molecule has 34 heavy (non-hydrogen) atoms. The molecule has 1 heterocycles. The summed E-state index contributed by atoms with van der Waals surface area (Å²) >= 11 is 0. The molecule has 0 aromatic heterocycles. The Morgan fingerprint density at radius 3 is 2.35 bits per heavy atom. The second kappa shape index (κ2) is 10.2. The van der Waals surface area contributed by atoms with E-state index < -0.39 is 0 Å². The van der Waals surface area contributed by atoms with Crippen molar-refractivity contribution in [2.75, 3.05) is 26.2 Å². The van der Waals surface area contributed by atoms with Gasteiger partial charge in [0.2, 0.25) is 0 Å². The van der Waals surface area contributed by atoms with Gasteiger partial charge in [0.25, 0.3) is 0 Å². The molecule has 4 heteroatoms. The summed E-state index contributed by atoms with van der Waals surface area (Å²) in [7, 11) is 0. The van der Waals surface area contributed by atoms with E-state index in [1.54, 1.807) is 24.3 Å². The van der Waals surface area contributed by atoms with Gasteiger partial charge in [-0.25, -0.2) is 0 Å². The molecule has 1 saturated heterocycles. The Bertz CT molecular complexity index is 1260. The summed E-state index contributed by atoms with van der Waals surface area (Å²) in [6.07, 6.45) is 5.01. The van der Waals surface area contributed by atoms with Crippen LogP contribution in [0.15, 0.2) is 78.9 Å². The molecule has 5 rings (SSSR count). The highest BCUT2D eigenvalue weighted by atomic mass is 16.5. The zero-order valence-corrected chi connectivity index (χ0v) is 19.4. The Balaban J connectivity index is 1.44. The van der Waals surface area contributed by atoms with Crippen LogP contribution < -0.4 is 4.74 Å². The van der Waals surface area contributed by atoms with Gasteiger partial charge in [0.1, 0.15) is 17.2 Å². The van der Waals surface area contributed by atoms with Crippen molar-refractivity contribution in [3.8, 4) is 39.5 Å². The second-order valence-corrected chi connectivity index (χ2v) is 9.07. The summed E-state index contributed by atoms with van der Waals surface area (Å²) in [6, 6.07) is 25.1. The van der Waals surface area contributed by atoms with E-state index in [2.05, 4.69) is 23.1 Å². The largest absolute Gasteiger partial charge is 0.508 e. The van der Waals surface area contributed by atoms with Crippen LogP contribution in [-0.2, 0) is 0 Å². The fourth-order valence-electron chi connectivity index (χ4n) is 4.91. The van der Waals surface area contributed by atoms with Crippen LogP contribution in [0.4, 0.5) is 0 Å². The molecular weight excluding hydrogens is 422 g/mol. The number of benzene rings is 4. The average Bonchev–Trinajstić information content (AvgIpc) is 2.87. The standard InChI is InChI=1S/C30H31NO3/c32-25-11-8-22(9-12-25)28-14-10-23-20-26(33)13-15-29(23)30(28)24-6-4-7-27(21-24)34-19-5-18-31-16-2-1-3-17-31/h4,6-15,20-21,32-33H,1-3,5,16-19H2. The van der Waals surface area contributed by atoms with Gasteiger partial charge in [0.05, 0.1) is 6.61 Å². The SMILES string of the molecule is Oc1ccc(-c2ccc3cc(O)ccc3c2-c2cccc(OCCCN3CCCCC3)c2)cc1. The molecular formula is C30H31NO3. The number of aromatic hydroxyl groups is 2. The smallest absolute Gasteiger partial charge is 0.119 e. The average molecular weight is 454 g/mol. The van der Waals surface area contributed by atoms with Crippen molar-refractivity contribution in [1.82, 2.24) is 4.90 Å². The van der Waals surface area contributed by atoms with E-state index >= 15 is 0 Å². The first kappa shape index (κ1) is 22.3. The third kappa shape index (κ3) is 5.02. The van der Waals surface area contributed by atoms with E-state index in [1.165, 1.54) is 32.4 Å². The topological polar surface area (TPSA) is 52.9 Å². The van der Waals surface area contributed by atoms with Gasteiger partial charge >= 0.3 is 0 Å². The highest BCUT2D eigenvalue weighted by Crippen LogP contribution is 2.40. The van der Waals surface area contributed by atoms with E-state index in [-0.39, 0.29) is 11.5 Å². The zero-order chi connectivity index (χ0) is 23.3. The van der Waals surface area contributed by atoms with Crippen LogP contribution in [0, 0.1) is 0 Å². The Morgan fingerprint density at radius 1 is 0.735 bits per heavy atom. The molecule has 0 unspecified atom stereocenters. The zero-order valence-electron chi connectivity index (χ0n) is 19.4. The predicted molar refractivity (Wildman–Crippen MR) is 139 cm³/mol. The molecule has 0 bridgehead atoms. The molecule has 1 aliphatic heterocycles. The predicted octanol–water partition coefficient (Wildman–Crippen LogP) is 6.84. The molecule has 0 radical (unpaired) electrons. The van der Waals surface area contributed by atoms with Crippen LogP contribution in [0.3, 0.4) is 0 Å². The van der Waals surface area contributed by atoms with Gasteiger partial charge in [0.15, 0.2) is 0 Å². The van der Waals surface area contributed by atoms with Crippen LogP contribution in [-0.4, -0.2) is 41.4 Å². The molecule has 2 N–H and O–H groups in total. The lowest BCUT2D eigenvalue weighted by Gasteiger charge is -2.26. The lowest BCUT2D eigenvalue weighted by Crippen LogP contribution is -2.31. The summed E-state index contributed by atoms with van der Waals surface area (Å²) in [6.45, 7) is 4.23. The molecule has 1 fully saturated rings. The first-order chi connectivity index (χ1) is 16.7. The number of fused-ring (bicyclic) bond motifs is 1. The van der Waals surface area contributed by atoms with Gasteiger partial charge in [-0.1, -0.05) is 48.9 Å². The maximum Gasteiger partial charge on any atom is 0.119 e. The Kier molecular flexibility index (Phi) is 6.68. The number of phenolic OH excluding ortho intramolecular Hbond substituents is 2. The molecule has 1 aliphatic rings. The van der Waals surface area contributed by atoms with Gasteiger partial charge in [0, 0.05) is 6.54 Å². The van der Waals surface area contributed by atoms with E-state index in [0.29, 0.717) is 6.61 Å². The number of rotatable bonds is 7. The van der Waals surface area contributed by atoms with E-state index in [1.807, 2.05) is 36.4 Å². The summed E-state index contributed by atoms with van der Waals surface area (Å²) in [4.78, 5) is 2.54. The van der Waals surface area contributed by atoms with Gasteiger partial charge in [-0.2, -0.15) is 0 Å². The molecule has 4 aromatic rings. The van der Waals surface area contributed by atoms with Gasteiger partial charge < -0.3 is 19.8 Å². The molecule has 0 spiro atoms. The molecule has 4 aromatic carbocycles. The number of phenols is 2. The molecule has 0 atom stereocenters. The fourth-order valence-corrected chi connectivity index (χ4v) is 4.91. The van der Waals surface area contributed by atoms with Crippen molar-refractivity contribution >= 4 is 10.8 Å². The number of nitrogens with zero attached hydrogens (tertiary/aromatic N) is 1. The first-order valence-electron chi connectivity index (χ1n) is 12.2. The van der Waals surface area contributed by atoms with Gasteiger partial charge in [-0.15, -0.1) is 0 Å². The van der Waals surface area contributed by atoms with Crippen LogP contribution in [0.25, 0.3) is 33.0 Å². The second-order valence-electron chi connectivity index (χ2n) is 9.07. The van der Waals surface area contributed by atoms with E-state index in [9.17, 15) is 10.2 Å². The number of hydrogen-bond donors (Lipinski definition) is 2. The monoisotopic (exact) mass is 453 g/mol. The quantitative estimate of drug-likeness (QED) is 0.301. The number of ether oxygens (including phenoxy) is 1. The highest BCUT2D eigenvalue weighted by Gasteiger charge is 2.14. The van der Waals surface area contributed by atoms with Crippen molar-refractivity contribution in [3.63, 3.8) is 0 Å². The van der Waals surface area contributed by atoms with Crippen molar-refractivity contribution in [3.05, 3.63) is 78.9 Å². The number of likely N-dealkylation sites (tertiary alicyclic amines) is 1. The fraction of sp³-hybridized carbons (Fsp3) is 0.267. The molecule has 0 amide bonds. The third-order valence-corrected chi connectivity index (χ3v) is 6.64. The van der Waals surface area contributed by atoms with Crippen molar-refractivity contribution in [2.24, 2.45) is 0 Å². The van der Waals surface area contributed by atoms with Crippen LogP contribution >= 0.6 is 0 Å². The summed E-state index contributed by atoms with van der Waals surface area (Å²) < 4.78 is 6.15. The van der Waals surface area contributed by atoms with Crippen molar-refractivity contribution < 1.29 is 14.9 Å².